The van der Waals surface area contributed by atoms with Crippen LogP contribution < -0.4 is 10.6 Å². The number of hydrogen-bond acceptors (Lipinski definition) is 5. The average Bonchev–Trinajstić information content (AvgIpc) is 3.30. The van der Waals surface area contributed by atoms with E-state index in [2.05, 4.69) is 17.2 Å². The van der Waals surface area contributed by atoms with Gasteiger partial charge in [-0.1, -0.05) is 56.8 Å². The molecule has 2 N–H and O–H groups in total. The number of carbonyl (C=O) groups is 4. The minimum Gasteiger partial charge on any atom is -0.460 e. The van der Waals surface area contributed by atoms with E-state index in [1.54, 1.807) is 6.08 Å². The third-order valence-electron chi connectivity index (χ3n) is 5.17. The molecule has 0 unspecified atom stereocenters. The molecule has 178 valence electrons. The van der Waals surface area contributed by atoms with Gasteiger partial charge in [-0.05, 0) is 36.8 Å². The molecule has 0 aliphatic carbocycles. The van der Waals surface area contributed by atoms with Crippen LogP contribution in [0, 0.1) is 5.92 Å². The van der Waals surface area contributed by atoms with Crippen molar-refractivity contribution < 1.29 is 23.9 Å². The van der Waals surface area contributed by atoms with Crippen LogP contribution in [-0.4, -0.2) is 60.4 Å². The molecule has 1 saturated heterocycles. The van der Waals surface area contributed by atoms with E-state index in [0.29, 0.717) is 25.8 Å². The molecule has 1 aromatic carbocycles. The van der Waals surface area contributed by atoms with E-state index in [4.69, 9.17) is 4.74 Å². The lowest BCUT2D eigenvalue weighted by Gasteiger charge is -2.26. The van der Waals surface area contributed by atoms with Gasteiger partial charge in [0.1, 0.15) is 25.2 Å². The lowest BCUT2D eigenvalue weighted by molar-refractivity contribution is -0.143. The molecular formula is C25H33N3O5. The Bertz CT molecular complexity index is 866. The first-order chi connectivity index (χ1) is 15.8. The lowest BCUT2D eigenvalue weighted by Crippen LogP contribution is -2.53. The SMILES string of the molecule is C=CCOC(=O)CNC(=O)[C@H](CC(C)C)NC(=O)[C@@H]1CCCN1C(=O)/C=C/c1ccccc1. The van der Waals surface area contributed by atoms with E-state index in [9.17, 15) is 19.2 Å². The molecule has 1 heterocycles. The summed E-state index contributed by atoms with van der Waals surface area (Å²) in [6.07, 6.45) is 6.25. The van der Waals surface area contributed by atoms with Crippen LogP contribution in [0.15, 0.2) is 49.1 Å². The maximum atomic E-state index is 13.0. The van der Waals surface area contributed by atoms with Crippen LogP contribution in [-0.2, 0) is 23.9 Å². The van der Waals surface area contributed by atoms with Gasteiger partial charge < -0.3 is 20.3 Å². The van der Waals surface area contributed by atoms with Crippen molar-refractivity contribution >= 4 is 29.8 Å². The fourth-order valence-corrected chi connectivity index (χ4v) is 3.59. The maximum absolute atomic E-state index is 13.0. The highest BCUT2D eigenvalue weighted by molar-refractivity contribution is 5.97. The zero-order valence-electron chi connectivity index (χ0n) is 19.3. The highest BCUT2D eigenvalue weighted by Crippen LogP contribution is 2.19. The van der Waals surface area contributed by atoms with Crippen molar-refractivity contribution in [3.8, 4) is 0 Å². The number of benzene rings is 1. The number of ether oxygens (including phenoxy) is 1. The second kappa shape index (κ2) is 13.2. The molecule has 0 aromatic heterocycles. The van der Waals surface area contributed by atoms with Gasteiger partial charge in [0.05, 0.1) is 0 Å². The van der Waals surface area contributed by atoms with Crippen LogP contribution in [0.3, 0.4) is 0 Å². The van der Waals surface area contributed by atoms with Crippen molar-refractivity contribution in [2.45, 2.75) is 45.2 Å². The van der Waals surface area contributed by atoms with Crippen LogP contribution in [0.1, 0.15) is 38.7 Å². The third kappa shape index (κ3) is 8.56. The van der Waals surface area contributed by atoms with E-state index < -0.39 is 24.0 Å². The number of nitrogens with one attached hydrogen (secondary N) is 2. The summed E-state index contributed by atoms with van der Waals surface area (Å²) in [5, 5.41) is 5.29. The molecule has 0 bridgehead atoms. The molecule has 1 aromatic rings. The molecule has 0 saturated carbocycles. The zero-order chi connectivity index (χ0) is 24.2. The standard InChI is InChI=1S/C25H33N3O5/c1-4-15-33-23(30)17-26-24(31)20(16-18(2)3)27-25(32)21-11-8-14-28(21)22(29)13-12-19-9-6-5-7-10-19/h4-7,9-10,12-13,18,20-21H,1,8,11,14-17H2,2-3H3,(H,26,31)(H,27,32)/b13-12+/t20-,21-/m0/s1. The summed E-state index contributed by atoms with van der Waals surface area (Å²) >= 11 is 0. The minimum absolute atomic E-state index is 0.0606. The molecule has 0 spiro atoms. The lowest BCUT2D eigenvalue weighted by atomic mass is 10.0. The van der Waals surface area contributed by atoms with Crippen molar-refractivity contribution in [3.05, 3.63) is 54.6 Å². The molecule has 8 nitrogen and oxygen atoms in total. The second-order valence-electron chi connectivity index (χ2n) is 8.31. The summed E-state index contributed by atoms with van der Waals surface area (Å²) in [4.78, 5) is 51.5. The monoisotopic (exact) mass is 455 g/mol. The molecule has 2 atom stereocenters. The van der Waals surface area contributed by atoms with Gasteiger partial charge in [-0.25, -0.2) is 0 Å². The average molecular weight is 456 g/mol. The molecule has 1 aliphatic rings. The summed E-state index contributed by atoms with van der Waals surface area (Å²) < 4.78 is 4.85. The number of carbonyl (C=O) groups excluding carboxylic acids is 4. The van der Waals surface area contributed by atoms with Gasteiger partial charge in [0.2, 0.25) is 17.7 Å². The van der Waals surface area contributed by atoms with Gasteiger partial charge in [-0.2, -0.15) is 0 Å². The number of likely N-dealkylation sites (tertiary alicyclic amines) is 1. The van der Waals surface area contributed by atoms with Crippen LogP contribution in [0.4, 0.5) is 0 Å². The predicted molar refractivity (Wildman–Crippen MR) is 126 cm³/mol. The molecule has 1 aliphatic heterocycles. The molecule has 33 heavy (non-hydrogen) atoms. The first-order valence-corrected chi connectivity index (χ1v) is 11.2. The van der Waals surface area contributed by atoms with Gasteiger partial charge >= 0.3 is 5.97 Å². The molecule has 0 radical (unpaired) electrons. The van der Waals surface area contributed by atoms with Gasteiger partial charge in [-0.15, -0.1) is 0 Å². The molecular weight excluding hydrogens is 422 g/mol. The predicted octanol–water partition coefficient (Wildman–Crippen LogP) is 2.07. The number of nitrogens with zero attached hydrogens (tertiary/aromatic N) is 1. The summed E-state index contributed by atoms with van der Waals surface area (Å²) in [6, 6.07) is 7.99. The Morgan fingerprint density at radius 2 is 1.94 bits per heavy atom. The Balaban J connectivity index is 1.99. The van der Waals surface area contributed by atoms with E-state index in [0.717, 1.165) is 5.56 Å². The number of esters is 1. The highest BCUT2D eigenvalue weighted by Gasteiger charge is 2.35. The van der Waals surface area contributed by atoms with Crippen molar-refractivity contribution in [2.24, 2.45) is 5.92 Å². The number of hydrogen-bond donors (Lipinski definition) is 2. The Kier molecular flexibility index (Phi) is 10.3. The topological polar surface area (TPSA) is 105 Å². The Morgan fingerprint density at radius 1 is 1.21 bits per heavy atom. The van der Waals surface area contributed by atoms with E-state index in [1.807, 2.05) is 44.2 Å². The minimum atomic E-state index is -0.817. The molecule has 8 heteroatoms. The largest absolute Gasteiger partial charge is 0.460 e. The summed E-state index contributed by atoms with van der Waals surface area (Å²) in [5.74, 6) is -1.54. The van der Waals surface area contributed by atoms with Crippen LogP contribution in [0.25, 0.3) is 6.08 Å². The molecule has 1 fully saturated rings. The summed E-state index contributed by atoms with van der Waals surface area (Å²) in [6.45, 7) is 7.57. The van der Waals surface area contributed by atoms with Crippen molar-refractivity contribution in [1.29, 1.82) is 0 Å². The normalized spacial score (nSPS) is 16.5. The number of amides is 3. The summed E-state index contributed by atoms with van der Waals surface area (Å²) in [5.41, 5.74) is 0.895. The molecule has 2 rings (SSSR count). The Morgan fingerprint density at radius 3 is 2.61 bits per heavy atom. The first-order valence-electron chi connectivity index (χ1n) is 11.2. The fourth-order valence-electron chi connectivity index (χ4n) is 3.59. The van der Waals surface area contributed by atoms with E-state index >= 15 is 0 Å². The highest BCUT2D eigenvalue weighted by atomic mass is 16.5. The van der Waals surface area contributed by atoms with Crippen molar-refractivity contribution in [2.75, 3.05) is 19.7 Å². The van der Waals surface area contributed by atoms with Gasteiger partial charge in [0.25, 0.3) is 0 Å². The van der Waals surface area contributed by atoms with Gasteiger partial charge in [0, 0.05) is 12.6 Å². The van der Waals surface area contributed by atoms with Crippen LogP contribution in [0.5, 0.6) is 0 Å². The third-order valence-corrected chi connectivity index (χ3v) is 5.17. The van der Waals surface area contributed by atoms with Crippen LogP contribution >= 0.6 is 0 Å². The smallest absolute Gasteiger partial charge is 0.325 e. The van der Waals surface area contributed by atoms with Crippen molar-refractivity contribution in [1.82, 2.24) is 15.5 Å². The zero-order valence-corrected chi connectivity index (χ0v) is 19.3. The molecule has 3 amide bonds. The van der Waals surface area contributed by atoms with Crippen LogP contribution in [0.2, 0.25) is 0 Å². The fraction of sp³-hybridized carbons (Fsp3) is 0.440. The van der Waals surface area contributed by atoms with E-state index in [1.165, 1.54) is 17.1 Å². The van der Waals surface area contributed by atoms with Crippen molar-refractivity contribution in [3.63, 3.8) is 0 Å². The number of rotatable bonds is 11. The quantitative estimate of drug-likeness (QED) is 0.302. The summed E-state index contributed by atoms with van der Waals surface area (Å²) in [7, 11) is 0. The van der Waals surface area contributed by atoms with Gasteiger partial charge in [0.15, 0.2) is 0 Å². The van der Waals surface area contributed by atoms with Gasteiger partial charge in [-0.3, -0.25) is 19.2 Å². The second-order valence-corrected chi connectivity index (χ2v) is 8.31. The maximum Gasteiger partial charge on any atom is 0.325 e. The van der Waals surface area contributed by atoms with E-state index in [-0.39, 0.29) is 30.9 Å². The Labute approximate surface area is 195 Å². The first kappa shape index (κ1) is 25.8. The Hall–Kier alpha value is -3.42.